The normalized spacial score (nSPS) is 11.5. The smallest absolute Gasteiger partial charge is 0.238 e. The number of pyridine rings is 1. The molecule has 0 radical (unpaired) electrons. The minimum absolute atomic E-state index is 0.0143. The Hall–Kier alpha value is -3.36. The highest BCUT2D eigenvalue weighted by molar-refractivity contribution is 7.89. The summed E-state index contributed by atoms with van der Waals surface area (Å²) in [4.78, 5) is 13.3. The van der Waals surface area contributed by atoms with E-state index >= 15 is 0 Å². The second kappa shape index (κ2) is 7.34. The van der Waals surface area contributed by atoms with Crippen LogP contribution in [0.1, 0.15) is 5.56 Å². The number of hydrogen-bond acceptors (Lipinski definition) is 6. The summed E-state index contributed by atoms with van der Waals surface area (Å²) in [6.07, 6.45) is 3.36. The number of nitrogens with zero attached hydrogens (tertiary/aromatic N) is 3. The first-order valence-electron chi connectivity index (χ1n) is 8.53. The summed E-state index contributed by atoms with van der Waals surface area (Å²) in [5.74, 6) is 1.03. The maximum Gasteiger partial charge on any atom is 0.238 e. The summed E-state index contributed by atoms with van der Waals surface area (Å²) < 4.78 is 23.5. The van der Waals surface area contributed by atoms with Crippen LogP contribution in [0.4, 0.5) is 5.82 Å². The van der Waals surface area contributed by atoms with E-state index in [0.717, 1.165) is 11.1 Å². The van der Waals surface area contributed by atoms with Gasteiger partial charge in [0.2, 0.25) is 10.0 Å². The van der Waals surface area contributed by atoms with E-state index in [2.05, 4.69) is 20.3 Å². The number of fused-ring (bicyclic) bond motifs is 1. The summed E-state index contributed by atoms with van der Waals surface area (Å²) in [7, 11) is -3.83. The fraction of sp³-hybridized carbons (Fsp3) is 0.0500. The molecule has 4 aromatic rings. The molecular formula is C20H17N5O2S. The van der Waals surface area contributed by atoms with Crippen molar-refractivity contribution in [1.29, 1.82) is 0 Å². The van der Waals surface area contributed by atoms with Crippen molar-refractivity contribution in [3.63, 3.8) is 0 Å². The number of nitrogens with one attached hydrogen (secondary N) is 1. The maximum absolute atomic E-state index is 11.8. The van der Waals surface area contributed by atoms with Gasteiger partial charge in [-0.1, -0.05) is 30.3 Å². The molecule has 3 N–H and O–H groups in total. The molecule has 8 heteroatoms. The highest BCUT2D eigenvalue weighted by Gasteiger charge is 2.14. The minimum Gasteiger partial charge on any atom is -0.365 e. The van der Waals surface area contributed by atoms with Gasteiger partial charge >= 0.3 is 0 Å². The van der Waals surface area contributed by atoms with Crippen molar-refractivity contribution >= 4 is 26.7 Å². The molecule has 0 aliphatic rings. The lowest BCUT2D eigenvalue weighted by Gasteiger charge is -2.12. The third kappa shape index (κ3) is 3.83. The average molecular weight is 391 g/mol. The summed E-state index contributed by atoms with van der Waals surface area (Å²) >= 11 is 0. The van der Waals surface area contributed by atoms with E-state index in [1.807, 2.05) is 42.5 Å². The first-order valence-corrected chi connectivity index (χ1v) is 10.1. The Morgan fingerprint density at radius 1 is 0.964 bits per heavy atom. The summed E-state index contributed by atoms with van der Waals surface area (Å²) in [5.41, 5.74) is 2.44. The van der Waals surface area contributed by atoms with E-state index in [1.165, 1.54) is 12.1 Å². The number of hydrogen-bond donors (Lipinski definition) is 2. The van der Waals surface area contributed by atoms with Gasteiger partial charge in [-0.3, -0.25) is 4.98 Å². The van der Waals surface area contributed by atoms with E-state index in [-0.39, 0.29) is 4.90 Å². The highest BCUT2D eigenvalue weighted by atomic mass is 32.2. The predicted molar refractivity (Wildman–Crippen MR) is 108 cm³/mol. The third-order valence-corrected chi connectivity index (χ3v) is 5.13. The first kappa shape index (κ1) is 18.0. The average Bonchev–Trinajstić information content (AvgIpc) is 2.72. The van der Waals surface area contributed by atoms with E-state index in [0.29, 0.717) is 29.1 Å². The predicted octanol–water partition coefficient (Wildman–Crippen LogP) is 2.95. The van der Waals surface area contributed by atoms with Crippen molar-refractivity contribution in [3.8, 4) is 11.4 Å². The molecule has 0 saturated carbocycles. The van der Waals surface area contributed by atoms with Crippen LogP contribution in [-0.4, -0.2) is 23.4 Å². The molecule has 0 spiro atoms. The van der Waals surface area contributed by atoms with Crippen LogP contribution in [0.2, 0.25) is 0 Å². The molecule has 2 aromatic heterocycles. The molecule has 2 heterocycles. The zero-order valence-electron chi connectivity index (χ0n) is 14.8. The van der Waals surface area contributed by atoms with Crippen LogP contribution < -0.4 is 10.5 Å². The number of rotatable bonds is 5. The van der Waals surface area contributed by atoms with Crippen LogP contribution in [0.25, 0.3) is 22.3 Å². The molecule has 0 unspecified atom stereocenters. The van der Waals surface area contributed by atoms with Crippen molar-refractivity contribution < 1.29 is 8.42 Å². The van der Waals surface area contributed by atoms with Crippen molar-refractivity contribution in [2.75, 3.05) is 5.32 Å². The molecule has 7 nitrogen and oxygen atoms in total. The Morgan fingerprint density at radius 2 is 1.79 bits per heavy atom. The zero-order valence-corrected chi connectivity index (χ0v) is 15.6. The number of aromatic nitrogens is 3. The SMILES string of the molecule is NS(=O)(=O)c1ccc2nc(-c3cccnc3)nc(NCc3ccccc3)c2c1. The van der Waals surface area contributed by atoms with Crippen LogP contribution in [0, 0.1) is 0 Å². The Bertz CT molecular complexity index is 1230. The lowest BCUT2D eigenvalue weighted by atomic mass is 10.2. The van der Waals surface area contributed by atoms with Gasteiger partial charge < -0.3 is 5.32 Å². The van der Waals surface area contributed by atoms with Gasteiger partial charge in [-0.15, -0.1) is 0 Å². The number of nitrogens with two attached hydrogens (primary N) is 1. The van der Waals surface area contributed by atoms with Gasteiger partial charge in [0.25, 0.3) is 0 Å². The molecule has 0 aliphatic carbocycles. The molecule has 0 saturated heterocycles. The van der Waals surface area contributed by atoms with Crippen LogP contribution >= 0.6 is 0 Å². The monoisotopic (exact) mass is 391 g/mol. The fourth-order valence-electron chi connectivity index (χ4n) is 2.83. The summed E-state index contributed by atoms with van der Waals surface area (Å²) in [6, 6.07) is 18.1. The first-order chi connectivity index (χ1) is 13.5. The van der Waals surface area contributed by atoms with Gasteiger partial charge in [-0.2, -0.15) is 0 Å². The number of benzene rings is 2. The standard InChI is InChI=1S/C20H17N5O2S/c21-28(26,27)16-8-9-18-17(11-16)20(23-12-14-5-2-1-3-6-14)25-19(24-18)15-7-4-10-22-13-15/h1-11,13H,12H2,(H2,21,26,27)(H,23,24,25). The maximum atomic E-state index is 11.8. The van der Waals surface area contributed by atoms with E-state index < -0.39 is 10.0 Å². The fourth-order valence-corrected chi connectivity index (χ4v) is 3.36. The Morgan fingerprint density at radius 3 is 2.50 bits per heavy atom. The lowest BCUT2D eigenvalue weighted by Crippen LogP contribution is -2.12. The number of primary sulfonamides is 1. The highest BCUT2D eigenvalue weighted by Crippen LogP contribution is 2.27. The van der Waals surface area contributed by atoms with E-state index in [9.17, 15) is 8.42 Å². The topological polar surface area (TPSA) is 111 Å². The molecule has 4 rings (SSSR count). The second-order valence-electron chi connectivity index (χ2n) is 6.20. The lowest BCUT2D eigenvalue weighted by molar-refractivity contribution is 0.598. The van der Waals surface area contributed by atoms with Gasteiger partial charge in [0.1, 0.15) is 5.82 Å². The van der Waals surface area contributed by atoms with Gasteiger partial charge in [-0.25, -0.2) is 23.5 Å². The van der Waals surface area contributed by atoms with Gasteiger partial charge in [0.05, 0.1) is 10.4 Å². The molecule has 0 atom stereocenters. The molecule has 140 valence electrons. The molecule has 0 amide bonds. The van der Waals surface area contributed by atoms with Crippen LogP contribution in [0.3, 0.4) is 0 Å². The van der Waals surface area contributed by atoms with Crippen molar-refractivity contribution in [2.24, 2.45) is 5.14 Å². The summed E-state index contributed by atoms with van der Waals surface area (Å²) in [5, 5.41) is 9.15. The van der Waals surface area contributed by atoms with E-state index in [1.54, 1.807) is 18.5 Å². The molecule has 0 fully saturated rings. The molecule has 0 aliphatic heterocycles. The molecular weight excluding hydrogens is 374 g/mol. The van der Waals surface area contributed by atoms with Crippen molar-refractivity contribution in [1.82, 2.24) is 15.0 Å². The van der Waals surface area contributed by atoms with Crippen molar-refractivity contribution in [2.45, 2.75) is 11.4 Å². The number of sulfonamides is 1. The van der Waals surface area contributed by atoms with Gasteiger partial charge in [-0.05, 0) is 35.9 Å². The molecule has 28 heavy (non-hydrogen) atoms. The van der Waals surface area contributed by atoms with E-state index in [4.69, 9.17) is 5.14 Å². The largest absolute Gasteiger partial charge is 0.365 e. The van der Waals surface area contributed by atoms with Gasteiger partial charge in [0, 0.05) is 29.9 Å². The second-order valence-corrected chi connectivity index (χ2v) is 7.76. The Balaban J connectivity index is 1.84. The van der Waals surface area contributed by atoms with Crippen LogP contribution in [-0.2, 0) is 16.6 Å². The van der Waals surface area contributed by atoms with Gasteiger partial charge in [0.15, 0.2) is 5.82 Å². The van der Waals surface area contributed by atoms with Crippen LogP contribution in [0.5, 0.6) is 0 Å². The Labute approximate surface area is 162 Å². The molecule has 0 bridgehead atoms. The molecule has 2 aromatic carbocycles. The summed E-state index contributed by atoms with van der Waals surface area (Å²) in [6.45, 7) is 0.527. The van der Waals surface area contributed by atoms with Crippen LogP contribution in [0.15, 0.2) is 78.0 Å². The zero-order chi connectivity index (χ0) is 19.6. The number of anilines is 1. The minimum atomic E-state index is -3.83. The quantitative estimate of drug-likeness (QED) is 0.541. The third-order valence-electron chi connectivity index (χ3n) is 4.22. The Kier molecular flexibility index (Phi) is 4.72. The van der Waals surface area contributed by atoms with Crippen molar-refractivity contribution in [3.05, 3.63) is 78.6 Å².